The Hall–Kier alpha value is -3.47. The van der Waals surface area contributed by atoms with E-state index in [4.69, 9.17) is 0 Å². The summed E-state index contributed by atoms with van der Waals surface area (Å²) in [5.74, 6) is 0.915. The molecule has 5 nitrogen and oxygen atoms in total. The molecule has 4 rings (SSSR count). The second-order valence-electron chi connectivity index (χ2n) is 13.3. The molecule has 1 aromatic carbocycles. The Bertz CT molecular complexity index is 1430. The van der Waals surface area contributed by atoms with E-state index in [1.165, 1.54) is 77.1 Å². The van der Waals surface area contributed by atoms with Crippen LogP contribution in [0.25, 0.3) is 5.57 Å². The zero-order valence-electron chi connectivity index (χ0n) is 31.4. The fraction of sp³-hybridized carbons (Fsp3) is 0.575. The van der Waals surface area contributed by atoms with E-state index in [9.17, 15) is 26.3 Å². The van der Waals surface area contributed by atoms with Crippen LogP contribution in [0.3, 0.4) is 0 Å². The minimum absolute atomic E-state index is 0.0695. The number of hydrogen-bond donors (Lipinski definition) is 1. The summed E-state index contributed by atoms with van der Waals surface area (Å²) in [5.41, 5.74) is 0.533. The third-order valence-electron chi connectivity index (χ3n) is 8.66. The van der Waals surface area contributed by atoms with Gasteiger partial charge in [-0.3, -0.25) is 4.98 Å². The molecule has 1 saturated carbocycles. The highest BCUT2D eigenvalue weighted by molar-refractivity contribution is 5.80. The van der Waals surface area contributed by atoms with Gasteiger partial charge in [0.15, 0.2) is 0 Å². The molecule has 11 heteroatoms. The summed E-state index contributed by atoms with van der Waals surface area (Å²) in [4.78, 5) is 15.2. The third-order valence-corrected chi connectivity index (χ3v) is 8.66. The molecule has 1 aliphatic carbocycles. The molecule has 2 heterocycles. The first-order valence-corrected chi connectivity index (χ1v) is 18.4. The van der Waals surface area contributed by atoms with Gasteiger partial charge in [-0.05, 0) is 88.5 Å². The van der Waals surface area contributed by atoms with Gasteiger partial charge < -0.3 is 10.2 Å². The van der Waals surface area contributed by atoms with Crippen LogP contribution in [0.15, 0.2) is 48.8 Å². The topological polar surface area (TPSA) is 53.9 Å². The van der Waals surface area contributed by atoms with Crippen LogP contribution in [0.1, 0.15) is 132 Å². The van der Waals surface area contributed by atoms with Crippen LogP contribution in [0.5, 0.6) is 0 Å². The molecule has 2 aromatic heterocycles. The molecular weight excluding hydrogens is 664 g/mol. The van der Waals surface area contributed by atoms with E-state index in [2.05, 4.69) is 53.0 Å². The normalized spacial score (nSPS) is 14.0. The Morgan fingerprint density at radius 2 is 1.49 bits per heavy atom. The number of halogens is 6. The fourth-order valence-electron chi connectivity index (χ4n) is 5.76. The number of nitrogens with one attached hydrogen (secondary N) is 1. The van der Waals surface area contributed by atoms with Crippen molar-refractivity contribution in [3.8, 4) is 0 Å². The minimum Gasteiger partial charge on any atom is -0.324 e. The SMILES string of the molecule is CC/C=C(/c1ccc(CC)nc1)c1cnc(Nc2cc(C(F)(F)F)cc(C(F)(F)F)c2)nc1C.CC1CCCCC1.CCCCCN(C)CCC. The largest absolute Gasteiger partial charge is 0.416 e. The highest BCUT2D eigenvalue weighted by Crippen LogP contribution is 2.38. The molecule has 0 atom stereocenters. The molecule has 0 unspecified atom stereocenters. The molecular formula is C40H57F6N5. The minimum atomic E-state index is -4.94. The molecule has 0 amide bonds. The monoisotopic (exact) mass is 721 g/mol. The molecule has 0 saturated heterocycles. The third kappa shape index (κ3) is 15.8. The predicted molar refractivity (Wildman–Crippen MR) is 197 cm³/mol. The van der Waals surface area contributed by atoms with Crippen molar-refractivity contribution >= 4 is 17.2 Å². The summed E-state index contributed by atoms with van der Waals surface area (Å²) >= 11 is 0. The summed E-state index contributed by atoms with van der Waals surface area (Å²) in [5, 5.41) is 2.47. The number of allylic oxidation sites excluding steroid dienone is 1. The second kappa shape index (κ2) is 21.8. The first-order valence-electron chi connectivity index (χ1n) is 18.4. The Balaban J connectivity index is 0.000000433. The van der Waals surface area contributed by atoms with Gasteiger partial charge in [0.2, 0.25) is 5.95 Å². The Kier molecular flexibility index (Phi) is 18.7. The van der Waals surface area contributed by atoms with Crippen molar-refractivity contribution in [1.82, 2.24) is 19.9 Å². The van der Waals surface area contributed by atoms with E-state index < -0.39 is 29.2 Å². The van der Waals surface area contributed by atoms with Crippen LogP contribution in [0.4, 0.5) is 38.0 Å². The Morgan fingerprint density at radius 1 is 0.843 bits per heavy atom. The van der Waals surface area contributed by atoms with Crippen LogP contribution in [-0.2, 0) is 18.8 Å². The number of aryl methyl sites for hydroxylation is 2. The van der Waals surface area contributed by atoms with Crippen LogP contribution in [0.2, 0.25) is 0 Å². The van der Waals surface area contributed by atoms with Crippen LogP contribution in [-0.4, -0.2) is 40.0 Å². The quantitative estimate of drug-likeness (QED) is 0.149. The lowest BCUT2D eigenvalue weighted by atomic mass is 9.91. The Labute approximate surface area is 301 Å². The predicted octanol–water partition coefficient (Wildman–Crippen LogP) is 12.5. The lowest BCUT2D eigenvalue weighted by molar-refractivity contribution is -0.143. The smallest absolute Gasteiger partial charge is 0.324 e. The van der Waals surface area contributed by atoms with E-state index in [-0.39, 0.29) is 12.0 Å². The lowest BCUT2D eigenvalue weighted by Crippen LogP contribution is -2.20. The summed E-state index contributed by atoms with van der Waals surface area (Å²) in [7, 11) is 2.21. The number of alkyl halides is 6. The van der Waals surface area contributed by atoms with Crippen molar-refractivity contribution < 1.29 is 26.3 Å². The van der Waals surface area contributed by atoms with E-state index in [0.29, 0.717) is 23.4 Å². The number of pyridine rings is 1. The Morgan fingerprint density at radius 3 is 1.94 bits per heavy atom. The molecule has 1 N–H and O–H groups in total. The number of rotatable bonds is 12. The van der Waals surface area contributed by atoms with Crippen molar-refractivity contribution in [2.75, 3.05) is 25.5 Å². The molecule has 0 bridgehead atoms. The van der Waals surface area contributed by atoms with Gasteiger partial charge in [-0.2, -0.15) is 26.3 Å². The average molecular weight is 722 g/mol. The number of aromatic nitrogens is 3. The van der Waals surface area contributed by atoms with Gasteiger partial charge in [-0.15, -0.1) is 0 Å². The fourth-order valence-corrected chi connectivity index (χ4v) is 5.76. The maximum atomic E-state index is 13.1. The average Bonchev–Trinajstić information content (AvgIpc) is 3.08. The summed E-state index contributed by atoms with van der Waals surface area (Å²) < 4.78 is 78.7. The number of hydrogen-bond acceptors (Lipinski definition) is 5. The maximum absolute atomic E-state index is 13.1. The van der Waals surface area contributed by atoms with Gasteiger partial charge in [0.1, 0.15) is 0 Å². The molecule has 1 aliphatic rings. The van der Waals surface area contributed by atoms with E-state index in [1.54, 1.807) is 13.1 Å². The summed E-state index contributed by atoms with van der Waals surface area (Å²) in [6, 6.07) is 5.09. The second-order valence-corrected chi connectivity index (χ2v) is 13.3. The van der Waals surface area contributed by atoms with E-state index in [1.807, 2.05) is 32.1 Å². The molecule has 3 aromatic rings. The molecule has 0 radical (unpaired) electrons. The highest BCUT2D eigenvalue weighted by atomic mass is 19.4. The number of nitrogens with zero attached hydrogens (tertiary/aromatic N) is 4. The first-order chi connectivity index (χ1) is 24.1. The van der Waals surface area contributed by atoms with Gasteiger partial charge in [0.05, 0.1) is 16.8 Å². The van der Waals surface area contributed by atoms with Crippen molar-refractivity contribution in [3.63, 3.8) is 0 Å². The van der Waals surface area contributed by atoms with E-state index >= 15 is 0 Å². The van der Waals surface area contributed by atoms with Crippen LogP contribution < -0.4 is 5.32 Å². The van der Waals surface area contributed by atoms with Crippen molar-refractivity contribution in [2.24, 2.45) is 5.92 Å². The zero-order chi connectivity index (χ0) is 38.0. The van der Waals surface area contributed by atoms with Crippen molar-refractivity contribution in [2.45, 2.75) is 125 Å². The standard InChI is InChI=1S/C24H22F6N4.C9H21N.C7H14/c1-4-6-20(15-7-8-18(5-2)31-12-15)21-13-32-22(33-14(21)3)34-19-10-16(23(25,26)27)9-17(11-19)24(28,29)30;1-4-6-7-9-10(3)8-5-2;1-7-5-3-2-4-6-7/h6-13H,4-5H2,1-3H3,(H,32,33,34);4-9H2,1-3H3;7H,2-6H2,1H3/b20-6-;;. The zero-order valence-corrected chi connectivity index (χ0v) is 31.4. The van der Waals surface area contributed by atoms with Crippen molar-refractivity contribution in [3.05, 3.63) is 82.4 Å². The van der Waals surface area contributed by atoms with Gasteiger partial charge in [-0.25, -0.2) is 9.97 Å². The van der Waals surface area contributed by atoms with E-state index in [0.717, 1.165) is 35.6 Å². The highest BCUT2D eigenvalue weighted by Gasteiger charge is 2.37. The molecule has 1 fully saturated rings. The van der Waals surface area contributed by atoms with Gasteiger partial charge in [0.25, 0.3) is 0 Å². The van der Waals surface area contributed by atoms with Gasteiger partial charge in [-0.1, -0.05) is 91.7 Å². The van der Waals surface area contributed by atoms with Crippen molar-refractivity contribution in [1.29, 1.82) is 0 Å². The first kappa shape index (κ1) is 43.7. The molecule has 0 aliphatic heterocycles. The maximum Gasteiger partial charge on any atom is 0.416 e. The molecule has 51 heavy (non-hydrogen) atoms. The number of anilines is 2. The number of benzene rings is 1. The molecule has 284 valence electrons. The lowest BCUT2D eigenvalue weighted by Gasteiger charge is -2.16. The van der Waals surface area contributed by atoms with Crippen LogP contribution in [0, 0.1) is 12.8 Å². The summed E-state index contributed by atoms with van der Waals surface area (Å²) in [6.45, 7) is 15.0. The van der Waals surface area contributed by atoms with Gasteiger partial charge in [0, 0.05) is 34.9 Å². The van der Waals surface area contributed by atoms with Gasteiger partial charge >= 0.3 is 12.4 Å². The summed E-state index contributed by atoms with van der Waals surface area (Å²) in [6.07, 6.45) is 9.63. The van der Waals surface area contributed by atoms with Crippen LogP contribution >= 0.6 is 0 Å². The molecule has 0 spiro atoms. The number of unbranched alkanes of at least 4 members (excludes halogenated alkanes) is 2.